The molecule has 0 radical (unpaired) electrons. The maximum absolute atomic E-state index is 13.0. The van der Waals surface area contributed by atoms with E-state index in [0.717, 1.165) is 5.56 Å². The molecule has 1 aromatic heterocycles. The molecule has 0 aliphatic heterocycles. The SMILES string of the molecule is O=C(O)c1ccnc(NCCc2cccc(F)c2)c1. The van der Waals surface area contributed by atoms with Gasteiger partial charge in [-0.1, -0.05) is 12.1 Å². The van der Waals surface area contributed by atoms with Gasteiger partial charge in [0.15, 0.2) is 0 Å². The molecule has 2 rings (SSSR count). The maximum atomic E-state index is 13.0. The van der Waals surface area contributed by atoms with E-state index in [1.165, 1.54) is 30.5 Å². The molecule has 0 spiro atoms. The molecule has 1 aromatic carbocycles. The van der Waals surface area contributed by atoms with E-state index in [-0.39, 0.29) is 11.4 Å². The number of hydrogen-bond donors (Lipinski definition) is 2. The van der Waals surface area contributed by atoms with Crippen molar-refractivity contribution in [2.24, 2.45) is 0 Å². The van der Waals surface area contributed by atoms with Crippen molar-refractivity contribution in [3.05, 3.63) is 59.5 Å². The average molecular weight is 260 g/mol. The lowest BCUT2D eigenvalue weighted by Crippen LogP contribution is -2.07. The van der Waals surface area contributed by atoms with Gasteiger partial charge in [0.05, 0.1) is 5.56 Å². The number of anilines is 1. The highest BCUT2D eigenvalue weighted by Crippen LogP contribution is 2.08. The predicted molar refractivity (Wildman–Crippen MR) is 69.8 cm³/mol. The zero-order chi connectivity index (χ0) is 13.7. The third-order valence-corrected chi connectivity index (χ3v) is 2.62. The number of aromatic carboxylic acids is 1. The monoisotopic (exact) mass is 260 g/mol. The maximum Gasteiger partial charge on any atom is 0.335 e. The van der Waals surface area contributed by atoms with E-state index < -0.39 is 5.97 Å². The molecule has 19 heavy (non-hydrogen) atoms. The average Bonchev–Trinajstić information content (AvgIpc) is 2.39. The summed E-state index contributed by atoms with van der Waals surface area (Å²) in [5.74, 6) is -0.754. The van der Waals surface area contributed by atoms with E-state index >= 15 is 0 Å². The Bertz CT molecular complexity index is 587. The largest absolute Gasteiger partial charge is 0.478 e. The molecule has 0 aliphatic rings. The summed E-state index contributed by atoms with van der Waals surface area (Å²) in [7, 11) is 0. The van der Waals surface area contributed by atoms with Crippen molar-refractivity contribution in [1.82, 2.24) is 4.98 Å². The molecule has 0 atom stereocenters. The number of aromatic nitrogens is 1. The molecule has 2 N–H and O–H groups in total. The van der Waals surface area contributed by atoms with Crippen LogP contribution in [0.3, 0.4) is 0 Å². The van der Waals surface area contributed by atoms with Crippen LogP contribution in [0.5, 0.6) is 0 Å². The van der Waals surface area contributed by atoms with Crippen molar-refractivity contribution in [2.75, 3.05) is 11.9 Å². The Kier molecular flexibility index (Phi) is 4.07. The van der Waals surface area contributed by atoms with Gasteiger partial charge in [0.25, 0.3) is 0 Å². The van der Waals surface area contributed by atoms with Crippen LogP contribution in [0.2, 0.25) is 0 Å². The standard InChI is InChI=1S/C14H13FN2O2/c15-12-3-1-2-10(8-12)4-6-16-13-9-11(14(18)19)5-7-17-13/h1-3,5,7-9H,4,6H2,(H,16,17)(H,18,19). The second-order valence-corrected chi connectivity index (χ2v) is 4.04. The van der Waals surface area contributed by atoms with Gasteiger partial charge in [-0.05, 0) is 36.2 Å². The minimum Gasteiger partial charge on any atom is -0.478 e. The minimum atomic E-state index is -0.990. The van der Waals surface area contributed by atoms with Crippen LogP contribution in [0.1, 0.15) is 15.9 Å². The first kappa shape index (κ1) is 13.0. The lowest BCUT2D eigenvalue weighted by atomic mass is 10.1. The molecule has 5 heteroatoms. The number of halogens is 1. The third kappa shape index (κ3) is 3.77. The highest BCUT2D eigenvalue weighted by atomic mass is 19.1. The van der Waals surface area contributed by atoms with Gasteiger partial charge in [0.1, 0.15) is 11.6 Å². The Morgan fingerprint density at radius 1 is 1.32 bits per heavy atom. The summed E-state index contributed by atoms with van der Waals surface area (Å²) in [6.45, 7) is 0.555. The summed E-state index contributed by atoms with van der Waals surface area (Å²) in [6, 6.07) is 9.27. The molecule has 0 aliphatic carbocycles. The van der Waals surface area contributed by atoms with Crippen LogP contribution in [0.15, 0.2) is 42.6 Å². The second-order valence-electron chi connectivity index (χ2n) is 4.04. The fourth-order valence-corrected chi connectivity index (χ4v) is 1.69. The summed E-state index contributed by atoms with van der Waals surface area (Å²) < 4.78 is 13.0. The van der Waals surface area contributed by atoms with E-state index in [0.29, 0.717) is 18.8 Å². The molecule has 0 unspecified atom stereocenters. The van der Waals surface area contributed by atoms with Crippen LogP contribution in [0.4, 0.5) is 10.2 Å². The van der Waals surface area contributed by atoms with Gasteiger partial charge in [-0.15, -0.1) is 0 Å². The molecular formula is C14H13FN2O2. The highest BCUT2D eigenvalue weighted by Gasteiger charge is 2.03. The molecule has 0 saturated heterocycles. The van der Waals surface area contributed by atoms with E-state index in [1.54, 1.807) is 6.07 Å². The number of rotatable bonds is 5. The minimum absolute atomic E-state index is 0.184. The van der Waals surface area contributed by atoms with Gasteiger partial charge in [0, 0.05) is 12.7 Å². The van der Waals surface area contributed by atoms with Crippen LogP contribution in [0, 0.1) is 5.82 Å². The Morgan fingerprint density at radius 3 is 2.89 bits per heavy atom. The van der Waals surface area contributed by atoms with Gasteiger partial charge < -0.3 is 10.4 Å². The van der Waals surface area contributed by atoms with Crippen LogP contribution < -0.4 is 5.32 Å². The topological polar surface area (TPSA) is 62.2 Å². The highest BCUT2D eigenvalue weighted by molar-refractivity contribution is 5.88. The van der Waals surface area contributed by atoms with E-state index in [1.807, 2.05) is 6.07 Å². The first-order chi connectivity index (χ1) is 9.15. The number of benzene rings is 1. The van der Waals surface area contributed by atoms with Crippen LogP contribution in [-0.4, -0.2) is 22.6 Å². The van der Waals surface area contributed by atoms with E-state index in [9.17, 15) is 9.18 Å². The summed E-state index contributed by atoms with van der Waals surface area (Å²) in [6.07, 6.45) is 2.07. The van der Waals surface area contributed by atoms with Crippen molar-refractivity contribution in [3.8, 4) is 0 Å². The van der Waals surface area contributed by atoms with Gasteiger partial charge in [-0.3, -0.25) is 0 Å². The molecule has 0 amide bonds. The number of carboxylic acid groups (broad SMARTS) is 1. The number of nitrogens with one attached hydrogen (secondary N) is 1. The molecule has 0 fully saturated rings. The van der Waals surface area contributed by atoms with Gasteiger partial charge in [-0.25, -0.2) is 14.2 Å². The number of pyridine rings is 1. The Hall–Kier alpha value is -2.43. The Balaban J connectivity index is 1.92. The molecule has 98 valence electrons. The fraction of sp³-hybridized carbons (Fsp3) is 0.143. The van der Waals surface area contributed by atoms with E-state index in [4.69, 9.17) is 5.11 Å². The Morgan fingerprint density at radius 2 is 2.16 bits per heavy atom. The fourth-order valence-electron chi connectivity index (χ4n) is 1.69. The number of carbonyl (C=O) groups is 1. The molecule has 0 saturated carbocycles. The molecule has 4 nitrogen and oxygen atoms in total. The Labute approximate surface area is 109 Å². The van der Waals surface area contributed by atoms with Gasteiger partial charge in [-0.2, -0.15) is 0 Å². The van der Waals surface area contributed by atoms with Crippen LogP contribution in [-0.2, 0) is 6.42 Å². The van der Waals surface area contributed by atoms with Crippen molar-refractivity contribution in [2.45, 2.75) is 6.42 Å². The molecule has 1 heterocycles. The molecular weight excluding hydrogens is 247 g/mol. The smallest absolute Gasteiger partial charge is 0.335 e. The van der Waals surface area contributed by atoms with Gasteiger partial charge >= 0.3 is 5.97 Å². The first-order valence-corrected chi connectivity index (χ1v) is 5.83. The van der Waals surface area contributed by atoms with E-state index in [2.05, 4.69) is 10.3 Å². The van der Waals surface area contributed by atoms with Gasteiger partial charge in [0.2, 0.25) is 0 Å². The van der Waals surface area contributed by atoms with Crippen LogP contribution >= 0.6 is 0 Å². The molecule has 0 bridgehead atoms. The number of nitrogens with zero attached hydrogens (tertiary/aromatic N) is 1. The quantitative estimate of drug-likeness (QED) is 0.867. The number of carboxylic acids is 1. The third-order valence-electron chi connectivity index (χ3n) is 2.62. The predicted octanol–water partition coefficient (Wildman–Crippen LogP) is 2.57. The van der Waals surface area contributed by atoms with Crippen molar-refractivity contribution < 1.29 is 14.3 Å². The first-order valence-electron chi connectivity index (χ1n) is 5.83. The lowest BCUT2D eigenvalue weighted by Gasteiger charge is -2.06. The number of hydrogen-bond acceptors (Lipinski definition) is 3. The summed E-state index contributed by atoms with van der Waals surface area (Å²) in [5, 5.41) is 11.9. The molecule has 2 aromatic rings. The summed E-state index contributed by atoms with van der Waals surface area (Å²) in [4.78, 5) is 14.8. The zero-order valence-electron chi connectivity index (χ0n) is 10.1. The zero-order valence-corrected chi connectivity index (χ0v) is 10.1. The second kappa shape index (κ2) is 5.95. The van der Waals surface area contributed by atoms with Crippen molar-refractivity contribution in [3.63, 3.8) is 0 Å². The van der Waals surface area contributed by atoms with Crippen molar-refractivity contribution in [1.29, 1.82) is 0 Å². The summed E-state index contributed by atoms with van der Waals surface area (Å²) >= 11 is 0. The lowest BCUT2D eigenvalue weighted by molar-refractivity contribution is 0.0697. The normalized spacial score (nSPS) is 10.2. The summed E-state index contributed by atoms with van der Waals surface area (Å²) in [5.41, 5.74) is 1.06. The van der Waals surface area contributed by atoms with Crippen LogP contribution in [0.25, 0.3) is 0 Å². The van der Waals surface area contributed by atoms with Crippen molar-refractivity contribution >= 4 is 11.8 Å².